The number of hydrazone groups is 1. The zero-order chi connectivity index (χ0) is 19.4. The van der Waals surface area contributed by atoms with E-state index in [1.165, 1.54) is 0 Å². The summed E-state index contributed by atoms with van der Waals surface area (Å²) in [4.78, 5) is 26.6. The number of para-hydroxylation sites is 1. The summed E-state index contributed by atoms with van der Waals surface area (Å²) in [6, 6.07) is 16.5. The van der Waals surface area contributed by atoms with E-state index in [1.807, 2.05) is 30.3 Å². The maximum Gasteiger partial charge on any atom is 0.357 e. The normalized spacial score (nSPS) is 15.2. The molecule has 1 aliphatic heterocycles. The van der Waals surface area contributed by atoms with Crippen LogP contribution in [0.25, 0.3) is 6.08 Å². The van der Waals surface area contributed by atoms with Gasteiger partial charge in [0.05, 0.1) is 11.3 Å². The monoisotopic (exact) mass is 363 g/mol. The lowest BCUT2D eigenvalue weighted by Crippen LogP contribution is -2.22. The molecular weight excluding hydrogens is 342 g/mol. The molecule has 1 aliphatic rings. The minimum absolute atomic E-state index is 0.0712. The van der Waals surface area contributed by atoms with E-state index in [-0.39, 0.29) is 11.3 Å². The molecule has 0 fully saturated rings. The van der Waals surface area contributed by atoms with Gasteiger partial charge in [0, 0.05) is 18.8 Å². The summed E-state index contributed by atoms with van der Waals surface area (Å²) in [5.41, 5.74) is 2.18. The SMILES string of the molecule is CCN(CC)c1ccc(C=C2C(=O)N(c3ccccc3)N=C2C(=O)O)cc1. The quantitative estimate of drug-likeness (QED) is 0.799. The van der Waals surface area contributed by atoms with Crippen LogP contribution in [0.4, 0.5) is 11.4 Å². The molecular formula is C21H21N3O3. The van der Waals surface area contributed by atoms with Crippen molar-refractivity contribution >= 4 is 35.0 Å². The summed E-state index contributed by atoms with van der Waals surface area (Å²) in [7, 11) is 0. The minimum atomic E-state index is -1.23. The Morgan fingerprint density at radius 1 is 1.07 bits per heavy atom. The van der Waals surface area contributed by atoms with Gasteiger partial charge in [-0.05, 0) is 49.8 Å². The van der Waals surface area contributed by atoms with Crippen molar-refractivity contribution in [1.82, 2.24) is 0 Å². The van der Waals surface area contributed by atoms with Crippen LogP contribution in [-0.4, -0.2) is 35.8 Å². The molecule has 0 spiro atoms. The summed E-state index contributed by atoms with van der Waals surface area (Å²) >= 11 is 0. The smallest absolute Gasteiger partial charge is 0.357 e. The zero-order valence-electron chi connectivity index (χ0n) is 15.3. The lowest BCUT2D eigenvalue weighted by molar-refractivity contribution is -0.129. The number of carbonyl (C=O) groups excluding carboxylic acids is 1. The number of benzene rings is 2. The largest absolute Gasteiger partial charge is 0.476 e. The molecule has 1 heterocycles. The van der Waals surface area contributed by atoms with Crippen molar-refractivity contribution in [3.8, 4) is 0 Å². The van der Waals surface area contributed by atoms with Crippen molar-refractivity contribution in [2.45, 2.75) is 13.8 Å². The van der Waals surface area contributed by atoms with E-state index >= 15 is 0 Å². The summed E-state index contributed by atoms with van der Waals surface area (Å²) < 4.78 is 0. The van der Waals surface area contributed by atoms with E-state index in [0.717, 1.165) is 29.3 Å². The van der Waals surface area contributed by atoms with Crippen molar-refractivity contribution in [3.05, 3.63) is 65.7 Å². The molecule has 3 rings (SSSR count). The first-order chi connectivity index (χ1) is 13.0. The highest BCUT2D eigenvalue weighted by Gasteiger charge is 2.34. The highest BCUT2D eigenvalue weighted by Crippen LogP contribution is 2.25. The van der Waals surface area contributed by atoms with Crippen LogP contribution in [0.3, 0.4) is 0 Å². The van der Waals surface area contributed by atoms with Crippen molar-refractivity contribution in [2.75, 3.05) is 23.0 Å². The lowest BCUT2D eigenvalue weighted by Gasteiger charge is -2.20. The van der Waals surface area contributed by atoms with Gasteiger partial charge in [-0.25, -0.2) is 4.79 Å². The second-order valence-corrected chi connectivity index (χ2v) is 6.03. The van der Waals surface area contributed by atoms with Gasteiger partial charge in [-0.2, -0.15) is 10.1 Å². The van der Waals surface area contributed by atoms with E-state index in [1.54, 1.807) is 30.3 Å². The molecule has 0 aliphatic carbocycles. The fourth-order valence-corrected chi connectivity index (χ4v) is 2.98. The molecule has 6 nitrogen and oxygen atoms in total. The molecule has 0 aromatic heterocycles. The standard InChI is InChI=1S/C21H21N3O3/c1-3-23(4-2)16-12-10-15(11-13-16)14-18-19(21(26)27)22-24(20(18)25)17-8-6-5-7-9-17/h5-14H,3-4H2,1-2H3,(H,26,27). The Labute approximate surface area is 158 Å². The van der Waals surface area contributed by atoms with Crippen LogP contribution >= 0.6 is 0 Å². The van der Waals surface area contributed by atoms with Gasteiger partial charge in [-0.15, -0.1) is 0 Å². The molecule has 1 amide bonds. The molecule has 2 aromatic rings. The number of hydrogen-bond donors (Lipinski definition) is 1. The van der Waals surface area contributed by atoms with Crippen molar-refractivity contribution in [2.24, 2.45) is 5.10 Å². The predicted molar refractivity (Wildman–Crippen MR) is 107 cm³/mol. The number of carboxylic acids is 1. The number of anilines is 2. The number of carbonyl (C=O) groups is 2. The number of aliphatic carboxylic acids is 1. The fourth-order valence-electron chi connectivity index (χ4n) is 2.98. The number of hydrogen-bond acceptors (Lipinski definition) is 4. The van der Waals surface area contributed by atoms with Crippen LogP contribution < -0.4 is 9.91 Å². The average Bonchev–Trinajstić information content (AvgIpc) is 3.01. The Kier molecular flexibility index (Phi) is 5.35. The van der Waals surface area contributed by atoms with E-state index in [0.29, 0.717) is 5.69 Å². The second-order valence-electron chi connectivity index (χ2n) is 6.03. The third kappa shape index (κ3) is 3.74. The number of amides is 1. The summed E-state index contributed by atoms with van der Waals surface area (Å²) in [6.45, 7) is 5.98. The molecule has 0 atom stereocenters. The van der Waals surface area contributed by atoms with Crippen LogP contribution in [-0.2, 0) is 9.59 Å². The maximum absolute atomic E-state index is 12.8. The summed E-state index contributed by atoms with van der Waals surface area (Å²) in [5.74, 6) is -1.68. The molecule has 6 heteroatoms. The van der Waals surface area contributed by atoms with Gasteiger partial charge in [0.15, 0.2) is 5.71 Å². The molecule has 0 saturated carbocycles. The number of rotatable bonds is 6. The van der Waals surface area contributed by atoms with Crippen LogP contribution in [0, 0.1) is 0 Å². The Hall–Kier alpha value is -3.41. The van der Waals surface area contributed by atoms with Gasteiger partial charge in [0.25, 0.3) is 5.91 Å². The average molecular weight is 363 g/mol. The van der Waals surface area contributed by atoms with Crippen LogP contribution in [0.1, 0.15) is 19.4 Å². The molecule has 27 heavy (non-hydrogen) atoms. The Morgan fingerprint density at radius 2 is 1.70 bits per heavy atom. The first kappa shape index (κ1) is 18.4. The van der Waals surface area contributed by atoms with Crippen LogP contribution in [0.2, 0.25) is 0 Å². The molecule has 0 radical (unpaired) electrons. The van der Waals surface area contributed by atoms with Gasteiger partial charge >= 0.3 is 5.97 Å². The van der Waals surface area contributed by atoms with Crippen LogP contribution in [0.5, 0.6) is 0 Å². The van der Waals surface area contributed by atoms with Gasteiger partial charge in [-0.3, -0.25) is 4.79 Å². The Morgan fingerprint density at radius 3 is 2.26 bits per heavy atom. The van der Waals surface area contributed by atoms with Crippen molar-refractivity contribution in [1.29, 1.82) is 0 Å². The van der Waals surface area contributed by atoms with E-state index < -0.39 is 11.9 Å². The second kappa shape index (κ2) is 7.86. The topological polar surface area (TPSA) is 73.2 Å². The summed E-state index contributed by atoms with van der Waals surface area (Å²) in [5, 5.41) is 14.6. The third-order valence-corrected chi connectivity index (χ3v) is 4.41. The Balaban J connectivity index is 1.94. The molecule has 2 aromatic carbocycles. The zero-order valence-corrected chi connectivity index (χ0v) is 15.3. The minimum Gasteiger partial charge on any atom is -0.476 e. The van der Waals surface area contributed by atoms with Gasteiger partial charge < -0.3 is 10.0 Å². The van der Waals surface area contributed by atoms with Crippen molar-refractivity contribution in [3.63, 3.8) is 0 Å². The van der Waals surface area contributed by atoms with E-state index in [4.69, 9.17) is 0 Å². The fraction of sp³-hybridized carbons (Fsp3) is 0.190. The molecule has 138 valence electrons. The van der Waals surface area contributed by atoms with Crippen LogP contribution in [0.15, 0.2) is 65.3 Å². The Bertz CT molecular complexity index is 898. The van der Waals surface area contributed by atoms with Gasteiger partial charge in [-0.1, -0.05) is 30.3 Å². The third-order valence-electron chi connectivity index (χ3n) is 4.41. The predicted octanol–water partition coefficient (Wildman–Crippen LogP) is 3.40. The highest BCUT2D eigenvalue weighted by atomic mass is 16.4. The number of nitrogens with zero attached hydrogens (tertiary/aromatic N) is 3. The molecule has 0 saturated heterocycles. The number of carboxylic acid groups (broad SMARTS) is 1. The van der Waals surface area contributed by atoms with E-state index in [9.17, 15) is 14.7 Å². The maximum atomic E-state index is 12.8. The lowest BCUT2D eigenvalue weighted by atomic mass is 10.1. The molecule has 0 unspecified atom stereocenters. The van der Waals surface area contributed by atoms with Gasteiger partial charge in [0.1, 0.15) is 0 Å². The first-order valence-corrected chi connectivity index (χ1v) is 8.83. The molecule has 1 N–H and O–H groups in total. The summed E-state index contributed by atoms with van der Waals surface area (Å²) in [6.07, 6.45) is 1.57. The van der Waals surface area contributed by atoms with Gasteiger partial charge in [0.2, 0.25) is 0 Å². The first-order valence-electron chi connectivity index (χ1n) is 8.83. The molecule has 0 bridgehead atoms. The van der Waals surface area contributed by atoms with Crippen molar-refractivity contribution < 1.29 is 14.7 Å². The highest BCUT2D eigenvalue weighted by molar-refractivity contribution is 6.53. The van der Waals surface area contributed by atoms with E-state index in [2.05, 4.69) is 23.8 Å².